The number of nitrogens with two attached hydrogens (primary N) is 1. The van der Waals surface area contributed by atoms with Crippen molar-refractivity contribution in [1.82, 2.24) is 4.57 Å². The zero-order valence-corrected chi connectivity index (χ0v) is 5.87. The first kappa shape index (κ1) is 6.86. The average Bonchev–Trinajstić information content (AvgIpc) is 2.33. The SMILES string of the molecule is CCn1cccc1C(N)=O. The van der Waals surface area contributed by atoms with Crippen molar-refractivity contribution < 1.29 is 4.79 Å². The minimum absolute atomic E-state index is 0.369. The highest BCUT2D eigenvalue weighted by atomic mass is 16.1. The first-order valence-electron chi connectivity index (χ1n) is 3.20. The van der Waals surface area contributed by atoms with Crippen LogP contribution in [0.1, 0.15) is 17.4 Å². The molecule has 1 heterocycles. The van der Waals surface area contributed by atoms with Gasteiger partial charge in [0.05, 0.1) is 0 Å². The van der Waals surface area contributed by atoms with Crippen LogP contribution in [0, 0.1) is 0 Å². The molecule has 0 aliphatic rings. The van der Waals surface area contributed by atoms with E-state index in [1.807, 2.05) is 23.8 Å². The molecule has 54 valence electrons. The van der Waals surface area contributed by atoms with E-state index in [0.29, 0.717) is 5.69 Å². The normalized spacial score (nSPS) is 9.70. The molecule has 0 aliphatic carbocycles. The number of aryl methyl sites for hydroxylation is 1. The van der Waals surface area contributed by atoms with Crippen LogP contribution in [-0.2, 0) is 6.54 Å². The van der Waals surface area contributed by atoms with Gasteiger partial charge in [0, 0.05) is 12.7 Å². The number of rotatable bonds is 2. The van der Waals surface area contributed by atoms with Gasteiger partial charge in [-0.15, -0.1) is 0 Å². The standard InChI is InChI=1S/C7H10N2O/c1-2-9-5-3-4-6(9)7(8)10/h3-5H,2H2,1H3,(H2,8,10). The van der Waals surface area contributed by atoms with Crippen molar-refractivity contribution in [2.45, 2.75) is 13.5 Å². The van der Waals surface area contributed by atoms with Gasteiger partial charge in [0.1, 0.15) is 5.69 Å². The lowest BCUT2D eigenvalue weighted by Gasteiger charge is -1.99. The first-order valence-corrected chi connectivity index (χ1v) is 3.20. The summed E-state index contributed by atoms with van der Waals surface area (Å²) in [5, 5.41) is 0. The highest BCUT2D eigenvalue weighted by Crippen LogP contribution is 1.99. The third kappa shape index (κ3) is 1.03. The summed E-state index contributed by atoms with van der Waals surface area (Å²) in [7, 11) is 0. The van der Waals surface area contributed by atoms with Crippen molar-refractivity contribution in [3.8, 4) is 0 Å². The van der Waals surface area contributed by atoms with Gasteiger partial charge in [0.25, 0.3) is 5.91 Å². The maximum absolute atomic E-state index is 10.6. The van der Waals surface area contributed by atoms with Crippen LogP contribution in [0.15, 0.2) is 18.3 Å². The predicted molar refractivity (Wildman–Crippen MR) is 38.6 cm³/mol. The molecule has 10 heavy (non-hydrogen) atoms. The summed E-state index contributed by atoms with van der Waals surface area (Å²) in [6.45, 7) is 2.75. The number of aromatic nitrogens is 1. The monoisotopic (exact) mass is 138 g/mol. The maximum Gasteiger partial charge on any atom is 0.265 e. The van der Waals surface area contributed by atoms with Gasteiger partial charge in [-0.1, -0.05) is 0 Å². The quantitative estimate of drug-likeness (QED) is 0.639. The number of carbonyl (C=O) groups excluding carboxylic acids is 1. The lowest BCUT2D eigenvalue weighted by atomic mass is 10.4. The van der Waals surface area contributed by atoms with Gasteiger partial charge in [-0.3, -0.25) is 4.79 Å². The first-order chi connectivity index (χ1) is 4.75. The number of nitrogens with zero attached hydrogens (tertiary/aromatic N) is 1. The van der Waals surface area contributed by atoms with Crippen molar-refractivity contribution in [3.63, 3.8) is 0 Å². The Balaban J connectivity index is 3.01. The van der Waals surface area contributed by atoms with E-state index in [1.165, 1.54) is 0 Å². The molecule has 0 radical (unpaired) electrons. The lowest BCUT2D eigenvalue weighted by molar-refractivity contribution is 0.0991. The molecule has 2 N–H and O–H groups in total. The molecule has 1 rings (SSSR count). The molecule has 0 spiro atoms. The number of hydrogen-bond donors (Lipinski definition) is 1. The zero-order chi connectivity index (χ0) is 7.56. The highest BCUT2D eigenvalue weighted by molar-refractivity contribution is 5.91. The van der Waals surface area contributed by atoms with E-state index in [0.717, 1.165) is 6.54 Å². The summed E-state index contributed by atoms with van der Waals surface area (Å²) in [6, 6.07) is 3.52. The number of carbonyl (C=O) groups is 1. The molecule has 0 atom stereocenters. The molecule has 3 nitrogen and oxygen atoms in total. The van der Waals surface area contributed by atoms with Gasteiger partial charge >= 0.3 is 0 Å². The molecule has 0 saturated carbocycles. The second-order valence-corrected chi connectivity index (χ2v) is 2.04. The molecule has 1 amide bonds. The highest BCUT2D eigenvalue weighted by Gasteiger charge is 2.02. The van der Waals surface area contributed by atoms with Crippen molar-refractivity contribution in [1.29, 1.82) is 0 Å². The van der Waals surface area contributed by atoms with Crippen LogP contribution in [0.5, 0.6) is 0 Å². The van der Waals surface area contributed by atoms with Gasteiger partial charge in [-0.2, -0.15) is 0 Å². The molecule has 0 unspecified atom stereocenters. The van der Waals surface area contributed by atoms with E-state index in [2.05, 4.69) is 0 Å². The molecule has 0 bridgehead atoms. The largest absolute Gasteiger partial charge is 0.364 e. The summed E-state index contributed by atoms with van der Waals surface area (Å²) in [4.78, 5) is 10.6. The topological polar surface area (TPSA) is 48.0 Å². The molecule has 0 saturated heterocycles. The van der Waals surface area contributed by atoms with Crippen LogP contribution in [0.4, 0.5) is 0 Å². The van der Waals surface area contributed by atoms with Crippen LogP contribution in [-0.4, -0.2) is 10.5 Å². The second-order valence-electron chi connectivity index (χ2n) is 2.04. The van der Waals surface area contributed by atoms with Crippen molar-refractivity contribution in [3.05, 3.63) is 24.0 Å². The smallest absolute Gasteiger partial charge is 0.265 e. The molecule has 0 aliphatic heterocycles. The van der Waals surface area contributed by atoms with Gasteiger partial charge in [0.2, 0.25) is 0 Å². The summed E-state index contributed by atoms with van der Waals surface area (Å²) in [6.07, 6.45) is 1.83. The Morgan fingerprint density at radius 1 is 1.80 bits per heavy atom. The van der Waals surface area contributed by atoms with E-state index in [-0.39, 0.29) is 5.91 Å². The number of hydrogen-bond acceptors (Lipinski definition) is 1. The van der Waals surface area contributed by atoms with Gasteiger partial charge in [0.15, 0.2) is 0 Å². The van der Waals surface area contributed by atoms with Crippen LogP contribution in [0.25, 0.3) is 0 Å². The van der Waals surface area contributed by atoms with Crippen LogP contribution < -0.4 is 5.73 Å². The molecule has 0 aromatic carbocycles. The number of primary amides is 1. The van der Waals surface area contributed by atoms with Crippen LogP contribution in [0.3, 0.4) is 0 Å². The molecule has 1 aromatic rings. The van der Waals surface area contributed by atoms with E-state index in [4.69, 9.17) is 5.73 Å². The fourth-order valence-electron chi connectivity index (χ4n) is 0.914. The third-order valence-corrected chi connectivity index (χ3v) is 1.42. The van der Waals surface area contributed by atoms with E-state index >= 15 is 0 Å². The summed E-state index contributed by atoms with van der Waals surface area (Å²) < 4.78 is 1.81. The Hall–Kier alpha value is -1.25. The Morgan fingerprint density at radius 3 is 2.90 bits per heavy atom. The van der Waals surface area contributed by atoms with Gasteiger partial charge < -0.3 is 10.3 Å². The minimum atomic E-state index is -0.369. The molecular formula is C7H10N2O. The Bertz CT molecular complexity index is 240. The Kier molecular flexibility index (Phi) is 1.76. The van der Waals surface area contributed by atoms with Crippen molar-refractivity contribution in [2.75, 3.05) is 0 Å². The predicted octanol–water partition coefficient (Wildman–Crippen LogP) is 0.607. The summed E-state index contributed by atoms with van der Waals surface area (Å²) >= 11 is 0. The van der Waals surface area contributed by atoms with Gasteiger partial charge in [-0.25, -0.2) is 0 Å². The van der Waals surface area contributed by atoms with Crippen LogP contribution >= 0.6 is 0 Å². The number of amides is 1. The van der Waals surface area contributed by atoms with E-state index < -0.39 is 0 Å². The molecule has 0 fully saturated rings. The zero-order valence-electron chi connectivity index (χ0n) is 5.87. The van der Waals surface area contributed by atoms with Crippen LogP contribution in [0.2, 0.25) is 0 Å². The van der Waals surface area contributed by atoms with E-state index in [1.54, 1.807) is 6.07 Å². The summed E-state index contributed by atoms with van der Waals surface area (Å²) in [5.74, 6) is -0.369. The molecular weight excluding hydrogens is 128 g/mol. The minimum Gasteiger partial charge on any atom is -0.364 e. The Morgan fingerprint density at radius 2 is 2.50 bits per heavy atom. The van der Waals surface area contributed by atoms with Gasteiger partial charge in [-0.05, 0) is 19.1 Å². The third-order valence-electron chi connectivity index (χ3n) is 1.42. The fourth-order valence-corrected chi connectivity index (χ4v) is 0.914. The van der Waals surface area contributed by atoms with E-state index in [9.17, 15) is 4.79 Å². The van der Waals surface area contributed by atoms with Crippen molar-refractivity contribution >= 4 is 5.91 Å². The Labute approximate surface area is 59.4 Å². The fraction of sp³-hybridized carbons (Fsp3) is 0.286. The molecule has 1 aromatic heterocycles. The molecule has 3 heteroatoms. The maximum atomic E-state index is 10.6. The van der Waals surface area contributed by atoms with Crippen molar-refractivity contribution in [2.24, 2.45) is 5.73 Å². The second kappa shape index (κ2) is 2.56. The summed E-state index contributed by atoms with van der Waals surface area (Å²) in [5.41, 5.74) is 5.65. The average molecular weight is 138 g/mol. The lowest BCUT2D eigenvalue weighted by Crippen LogP contribution is -2.15.